The second-order valence-corrected chi connectivity index (χ2v) is 4.63. The molecule has 10 nitrogen and oxygen atoms in total. The first kappa shape index (κ1) is 16.6. The third-order valence-corrected chi connectivity index (χ3v) is 3.00. The van der Waals surface area contributed by atoms with Gasteiger partial charge in [-0.3, -0.25) is 20.4 Å². The number of thiol groups is 2. The highest BCUT2D eigenvalue weighted by Crippen LogP contribution is 2.11. The predicted molar refractivity (Wildman–Crippen MR) is 79.4 cm³/mol. The van der Waals surface area contributed by atoms with Crippen molar-refractivity contribution in [2.75, 3.05) is 26.2 Å². The smallest absolute Gasteiger partial charge is 0.300 e. The number of piperazine rings is 1. The third kappa shape index (κ3) is 3.75. The minimum atomic E-state index is -0.667. The summed E-state index contributed by atoms with van der Waals surface area (Å²) in [6, 6.07) is 0. The molecule has 0 radical (unpaired) electrons. The van der Waals surface area contributed by atoms with Crippen molar-refractivity contribution in [1.82, 2.24) is 20.0 Å². The zero-order chi connectivity index (χ0) is 15.4. The van der Waals surface area contributed by atoms with Crippen LogP contribution in [0.1, 0.15) is 0 Å². The molecule has 0 aromatic rings. The van der Waals surface area contributed by atoms with Crippen molar-refractivity contribution in [1.29, 1.82) is 10.8 Å². The molecule has 0 unspecified atom stereocenters. The maximum Gasteiger partial charge on any atom is 0.300 e. The number of nitrogens with two attached hydrogens (primary N) is 2. The van der Waals surface area contributed by atoms with Gasteiger partial charge in [-0.2, -0.15) is 0 Å². The standard InChI is InChI=1S/C8H16N8O2S2/c9-5(10)15(7(17)19)13-1-2-14(4-3-13)16(6(11)12)8(18)20/h1-4H2,(H3,9,10)(H3,11,12)(H,17,19)(H,18,20). The van der Waals surface area contributed by atoms with Crippen LogP contribution in [0.2, 0.25) is 0 Å². The fraction of sp³-hybridized carbons (Fsp3) is 0.500. The summed E-state index contributed by atoms with van der Waals surface area (Å²) in [6.45, 7) is 1.21. The van der Waals surface area contributed by atoms with Crippen LogP contribution in [0.25, 0.3) is 0 Å². The average molecular weight is 320 g/mol. The van der Waals surface area contributed by atoms with E-state index in [-0.39, 0.29) is 0 Å². The highest BCUT2D eigenvalue weighted by Gasteiger charge is 2.30. The summed E-state index contributed by atoms with van der Waals surface area (Å²) in [5, 5.41) is 18.3. The normalized spacial score (nSPS) is 16.5. The number of nitrogens with zero attached hydrogens (tertiary/aromatic N) is 4. The Labute approximate surface area is 126 Å². The number of carbonyl (C=O) groups excluding carboxylic acids is 2. The number of amides is 2. The van der Waals surface area contributed by atoms with Gasteiger partial charge in [-0.15, -0.1) is 0 Å². The summed E-state index contributed by atoms with van der Waals surface area (Å²) in [5.41, 5.74) is 10.6. The van der Waals surface area contributed by atoms with Crippen LogP contribution >= 0.6 is 25.3 Å². The molecule has 1 aliphatic rings. The number of rotatable bonds is 2. The monoisotopic (exact) mass is 320 g/mol. The van der Waals surface area contributed by atoms with Gasteiger partial charge in [0.2, 0.25) is 11.9 Å². The number of nitrogens with one attached hydrogen (secondary N) is 2. The average Bonchev–Trinajstić information content (AvgIpc) is 2.29. The van der Waals surface area contributed by atoms with Gasteiger partial charge in [0.25, 0.3) is 10.5 Å². The molecule has 20 heavy (non-hydrogen) atoms. The fourth-order valence-corrected chi connectivity index (χ4v) is 2.31. The van der Waals surface area contributed by atoms with Gasteiger partial charge in [0.1, 0.15) is 0 Å². The first-order chi connectivity index (χ1) is 9.25. The molecule has 0 aromatic carbocycles. The van der Waals surface area contributed by atoms with E-state index in [1.165, 1.54) is 10.0 Å². The molecule has 1 aliphatic heterocycles. The molecule has 0 atom stereocenters. The highest BCUT2D eigenvalue weighted by atomic mass is 32.1. The van der Waals surface area contributed by atoms with E-state index in [2.05, 4.69) is 25.3 Å². The van der Waals surface area contributed by atoms with Gasteiger partial charge in [-0.25, -0.2) is 20.0 Å². The molecule has 112 valence electrons. The van der Waals surface area contributed by atoms with Gasteiger partial charge in [0, 0.05) is 26.2 Å². The van der Waals surface area contributed by atoms with Gasteiger partial charge in [-0.1, -0.05) is 25.3 Å². The lowest BCUT2D eigenvalue weighted by molar-refractivity contribution is -0.0219. The van der Waals surface area contributed by atoms with E-state index in [0.29, 0.717) is 26.2 Å². The van der Waals surface area contributed by atoms with Crippen LogP contribution in [0.3, 0.4) is 0 Å². The van der Waals surface area contributed by atoms with Crippen LogP contribution in [0.5, 0.6) is 0 Å². The number of guanidine groups is 2. The topological polar surface area (TPSA) is 147 Å². The minimum Gasteiger partial charge on any atom is -0.368 e. The van der Waals surface area contributed by atoms with Crippen LogP contribution in [0.4, 0.5) is 9.59 Å². The van der Waals surface area contributed by atoms with Gasteiger partial charge in [0.05, 0.1) is 0 Å². The van der Waals surface area contributed by atoms with Crippen molar-refractivity contribution < 1.29 is 9.59 Å². The Bertz CT molecular complexity index is 368. The predicted octanol–water partition coefficient (Wildman–Crippen LogP) is -1.08. The van der Waals surface area contributed by atoms with Crippen LogP contribution < -0.4 is 11.5 Å². The molecule has 0 bridgehead atoms. The molecule has 0 aliphatic carbocycles. The molecule has 1 saturated heterocycles. The van der Waals surface area contributed by atoms with Crippen LogP contribution in [-0.4, -0.2) is 68.6 Å². The molecular weight excluding hydrogens is 304 g/mol. The molecule has 0 aromatic heterocycles. The molecule has 1 rings (SSSR count). The van der Waals surface area contributed by atoms with E-state index in [1.807, 2.05) is 0 Å². The van der Waals surface area contributed by atoms with Crippen molar-refractivity contribution in [3.63, 3.8) is 0 Å². The van der Waals surface area contributed by atoms with Crippen molar-refractivity contribution in [3.05, 3.63) is 0 Å². The van der Waals surface area contributed by atoms with Crippen molar-refractivity contribution in [2.45, 2.75) is 0 Å². The molecule has 1 heterocycles. The molecule has 12 heteroatoms. The van der Waals surface area contributed by atoms with Crippen molar-refractivity contribution >= 4 is 47.7 Å². The van der Waals surface area contributed by atoms with Gasteiger partial charge < -0.3 is 11.5 Å². The highest BCUT2D eigenvalue weighted by molar-refractivity contribution is 7.96. The summed E-state index contributed by atoms with van der Waals surface area (Å²) in [5.74, 6) is -0.876. The maximum absolute atomic E-state index is 11.3. The van der Waals surface area contributed by atoms with Gasteiger partial charge >= 0.3 is 0 Å². The Hall–Kier alpha value is -1.50. The molecule has 0 spiro atoms. The van der Waals surface area contributed by atoms with Crippen LogP contribution in [0, 0.1) is 10.8 Å². The van der Waals surface area contributed by atoms with E-state index in [1.54, 1.807) is 0 Å². The fourth-order valence-electron chi connectivity index (χ4n) is 1.84. The Morgan fingerprint density at radius 2 is 1.10 bits per heavy atom. The Morgan fingerprint density at radius 1 is 0.850 bits per heavy atom. The quantitative estimate of drug-likeness (QED) is 0.217. The second kappa shape index (κ2) is 6.78. The molecular formula is C8H16N8O2S2. The van der Waals surface area contributed by atoms with E-state index < -0.39 is 22.4 Å². The zero-order valence-electron chi connectivity index (χ0n) is 10.5. The SMILES string of the molecule is N=C(N)N(C(=O)S)N1CCN(N(C(=N)N)C(=O)S)CC1. The first-order valence-corrected chi connectivity index (χ1v) is 6.39. The summed E-state index contributed by atoms with van der Waals surface area (Å²) >= 11 is 7.30. The second-order valence-electron chi connectivity index (χ2n) is 3.87. The lowest BCUT2D eigenvalue weighted by Gasteiger charge is -2.42. The van der Waals surface area contributed by atoms with Crippen LogP contribution in [0.15, 0.2) is 0 Å². The van der Waals surface area contributed by atoms with Crippen LogP contribution in [-0.2, 0) is 0 Å². The minimum absolute atomic E-state index is 0.302. The largest absolute Gasteiger partial charge is 0.368 e. The van der Waals surface area contributed by atoms with Gasteiger partial charge in [-0.05, 0) is 0 Å². The summed E-state index contributed by atoms with van der Waals surface area (Å²) in [6.07, 6.45) is 0. The Balaban J connectivity index is 2.72. The summed E-state index contributed by atoms with van der Waals surface area (Å²) in [4.78, 5) is 22.6. The van der Waals surface area contributed by atoms with Crippen molar-refractivity contribution in [3.8, 4) is 0 Å². The molecule has 1 fully saturated rings. The number of hydrogen-bond acceptors (Lipinski definition) is 6. The van der Waals surface area contributed by atoms with E-state index in [9.17, 15) is 9.59 Å². The number of hydrazine groups is 2. The maximum atomic E-state index is 11.3. The molecule has 2 amide bonds. The van der Waals surface area contributed by atoms with Gasteiger partial charge in [0.15, 0.2) is 0 Å². The van der Waals surface area contributed by atoms with E-state index in [0.717, 1.165) is 10.0 Å². The first-order valence-electron chi connectivity index (χ1n) is 5.49. The molecule has 0 saturated carbocycles. The van der Waals surface area contributed by atoms with E-state index in [4.69, 9.17) is 22.3 Å². The third-order valence-electron chi connectivity index (χ3n) is 2.62. The number of hydrogen-bond donors (Lipinski definition) is 6. The van der Waals surface area contributed by atoms with E-state index >= 15 is 0 Å². The zero-order valence-corrected chi connectivity index (χ0v) is 12.3. The number of carbonyl (C=O) groups is 2. The lowest BCUT2D eigenvalue weighted by atomic mass is 10.4. The molecule has 6 N–H and O–H groups in total. The van der Waals surface area contributed by atoms with Crippen molar-refractivity contribution in [2.24, 2.45) is 11.5 Å². The summed E-state index contributed by atoms with van der Waals surface area (Å²) < 4.78 is 0. The Morgan fingerprint density at radius 3 is 1.25 bits per heavy atom. The Kier molecular flexibility index (Phi) is 5.62. The lowest BCUT2D eigenvalue weighted by Crippen LogP contribution is -2.62. The summed E-state index contributed by atoms with van der Waals surface area (Å²) in [7, 11) is 0.